The van der Waals surface area contributed by atoms with Crippen LogP contribution in [0, 0.1) is 11.8 Å². The average molecular weight is 423 g/mol. The Kier molecular flexibility index (Phi) is 4.32. The third kappa shape index (κ3) is 2.80. The van der Waals surface area contributed by atoms with Gasteiger partial charge < -0.3 is 14.1 Å². The van der Waals surface area contributed by atoms with Crippen LogP contribution in [-0.2, 0) is 12.8 Å². The second-order valence-corrected chi connectivity index (χ2v) is 9.21. The smallest absolute Gasteiger partial charge is 0.341 e. The molecule has 5 rings (SSSR count). The van der Waals surface area contributed by atoms with Crippen LogP contribution >= 0.6 is 11.5 Å². The largest absolute Gasteiger partial charge is 0.477 e. The lowest BCUT2D eigenvalue weighted by molar-refractivity contribution is 0.0694. The van der Waals surface area contributed by atoms with Crippen molar-refractivity contribution in [1.82, 2.24) is 8.94 Å². The van der Waals surface area contributed by atoms with Gasteiger partial charge in [0, 0.05) is 52.1 Å². The maximum atomic E-state index is 12.5. The van der Waals surface area contributed by atoms with Gasteiger partial charge >= 0.3 is 5.97 Å². The van der Waals surface area contributed by atoms with Crippen molar-refractivity contribution in [3.05, 3.63) is 68.2 Å². The van der Waals surface area contributed by atoms with Crippen LogP contribution < -0.4 is 5.43 Å². The zero-order valence-electron chi connectivity index (χ0n) is 17.0. The number of rotatable bonds is 3. The van der Waals surface area contributed by atoms with E-state index in [1.165, 1.54) is 29.4 Å². The molecule has 154 valence electrons. The summed E-state index contributed by atoms with van der Waals surface area (Å²) in [5.41, 5.74) is 4.39. The number of aromatic nitrogens is 2. The number of pyridine rings is 1. The zero-order valence-corrected chi connectivity index (χ0v) is 17.8. The van der Waals surface area contributed by atoms with E-state index < -0.39 is 11.4 Å². The van der Waals surface area contributed by atoms with E-state index in [0.717, 1.165) is 35.3 Å². The maximum Gasteiger partial charge on any atom is 0.341 e. The van der Waals surface area contributed by atoms with Gasteiger partial charge in [0.1, 0.15) is 11.3 Å². The number of allylic oxidation sites excluding steroid dienone is 1. The molecule has 1 aliphatic heterocycles. The van der Waals surface area contributed by atoms with Gasteiger partial charge in [-0.2, -0.15) is 0 Å². The van der Waals surface area contributed by atoms with Crippen LogP contribution in [-0.4, -0.2) is 20.0 Å². The zero-order chi connectivity index (χ0) is 21.2. The van der Waals surface area contributed by atoms with Gasteiger partial charge in [-0.05, 0) is 36.2 Å². The summed E-state index contributed by atoms with van der Waals surface area (Å²) >= 11 is 1.41. The summed E-state index contributed by atoms with van der Waals surface area (Å²) in [6.07, 6.45) is 7.20. The van der Waals surface area contributed by atoms with Gasteiger partial charge in [-0.1, -0.05) is 26.8 Å². The number of carboxylic acids is 1. The van der Waals surface area contributed by atoms with Crippen LogP contribution in [0.2, 0.25) is 0 Å². The Bertz CT molecular complexity index is 1250. The Morgan fingerprint density at radius 1 is 1.30 bits per heavy atom. The Labute approximate surface area is 177 Å². The molecule has 3 aromatic rings. The van der Waals surface area contributed by atoms with Crippen LogP contribution in [0.3, 0.4) is 0 Å². The number of fused-ring (bicyclic) bond motifs is 5. The molecule has 0 spiro atoms. The fraction of sp³-hybridized carbons (Fsp3) is 0.348. The first kappa shape index (κ1) is 19.1. The van der Waals surface area contributed by atoms with Gasteiger partial charge in [0.15, 0.2) is 11.2 Å². The SMILES string of the molecule is CC1C=C(c2cnsc2)c2oc3c(c2C1)C[C@H](C(C)C)n1cc(C(=O)O)c(=O)cc1-3. The second kappa shape index (κ2) is 6.80. The van der Waals surface area contributed by atoms with Crippen molar-refractivity contribution in [2.45, 2.75) is 39.7 Å². The van der Waals surface area contributed by atoms with E-state index in [4.69, 9.17) is 4.42 Å². The molecule has 30 heavy (non-hydrogen) atoms. The predicted molar refractivity (Wildman–Crippen MR) is 115 cm³/mol. The Morgan fingerprint density at radius 3 is 2.73 bits per heavy atom. The minimum atomic E-state index is -1.20. The predicted octanol–water partition coefficient (Wildman–Crippen LogP) is 4.64. The number of carboxylic acid groups (broad SMARTS) is 1. The summed E-state index contributed by atoms with van der Waals surface area (Å²) < 4.78 is 12.6. The minimum absolute atomic E-state index is 0.0559. The molecule has 0 fully saturated rings. The van der Waals surface area contributed by atoms with Crippen LogP contribution in [0.15, 0.2) is 39.1 Å². The molecule has 2 aliphatic rings. The van der Waals surface area contributed by atoms with E-state index in [0.29, 0.717) is 17.4 Å². The molecule has 0 amide bonds. The highest BCUT2D eigenvalue weighted by Crippen LogP contribution is 2.46. The first-order valence-electron chi connectivity index (χ1n) is 10.1. The molecule has 0 aromatic carbocycles. The van der Waals surface area contributed by atoms with Crippen molar-refractivity contribution in [3.63, 3.8) is 0 Å². The van der Waals surface area contributed by atoms with Crippen molar-refractivity contribution in [2.75, 3.05) is 0 Å². The molecule has 3 aromatic heterocycles. The monoisotopic (exact) mass is 422 g/mol. The van der Waals surface area contributed by atoms with Crippen molar-refractivity contribution in [3.8, 4) is 11.5 Å². The van der Waals surface area contributed by atoms with E-state index in [1.807, 2.05) is 16.1 Å². The molecule has 6 nitrogen and oxygen atoms in total. The lowest BCUT2D eigenvalue weighted by Gasteiger charge is -2.31. The Balaban J connectivity index is 1.76. The van der Waals surface area contributed by atoms with E-state index >= 15 is 0 Å². The third-order valence-electron chi connectivity index (χ3n) is 6.16. The number of nitrogens with zero attached hydrogens (tertiary/aromatic N) is 2. The van der Waals surface area contributed by atoms with Gasteiger partial charge in [-0.25, -0.2) is 9.17 Å². The van der Waals surface area contributed by atoms with Crippen molar-refractivity contribution in [2.24, 2.45) is 11.8 Å². The number of furan rings is 1. The molecular weight excluding hydrogens is 400 g/mol. The summed E-state index contributed by atoms with van der Waals surface area (Å²) in [7, 11) is 0. The van der Waals surface area contributed by atoms with Crippen molar-refractivity contribution < 1.29 is 14.3 Å². The molecule has 2 atom stereocenters. The normalized spacial score (nSPS) is 19.8. The quantitative estimate of drug-likeness (QED) is 0.665. The summed E-state index contributed by atoms with van der Waals surface area (Å²) in [5.74, 6) is 0.971. The maximum absolute atomic E-state index is 12.5. The van der Waals surface area contributed by atoms with E-state index in [9.17, 15) is 14.7 Å². The molecule has 0 saturated carbocycles. The summed E-state index contributed by atoms with van der Waals surface area (Å²) in [4.78, 5) is 24.1. The first-order chi connectivity index (χ1) is 14.3. The Hall–Kier alpha value is -2.93. The summed E-state index contributed by atoms with van der Waals surface area (Å²) in [6, 6.07) is 1.48. The van der Waals surface area contributed by atoms with Gasteiger partial charge in [-0.3, -0.25) is 4.79 Å². The molecule has 0 saturated heterocycles. The van der Waals surface area contributed by atoms with Crippen LogP contribution in [0.25, 0.3) is 17.0 Å². The van der Waals surface area contributed by atoms with E-state index in [-0.39, 0.29) is 17.5 Å². The van der Waals surface area contributed by atoms with Crippen LogP contribution in [0.5, 0.6) is 0 Å². The minimum Gasteiger partial charge on any atom is -0.477 e. The first-order valence-corrected chi connectivity index (χ1v) is 10.9. The highest BCUT2D eigenvalue weighted by atomic mass is 32.1. The highest BCUT2D eigenvalue weighted by molar-refractivity contribution is 7.03. The molecule has 1 N–H and O–H groups in total. The summed E-state index contributed by atoms with van der Waals surface area (Å²) in [6.45, 7) is 6.44. The average Bonchev–Trinajstić information content (AvgIpc) is 3.34. The topological polar surface area (TPSA) is 85.3 Å². The van der Waals surface area contributed by atoms with E-state index in [1.54, 1.807) is 0 Å². The molecule has 4 heterocycles. The van der Waals surface area contributed by atoms with E-state index in [2.05, 4.69) is 31.2 Å². The molecule has 1 aliphatic carbocycles. The Morgan fingerprint density at radius 2 is 2.07 bits per heavy atom. The molecule has 0 radical (unpaired) electrons. The van der Waals surface area contributed by atoms with Gasteiger partial charge in [-0.15, -0.1) is 0 Å². The number of carbonyl (C=O) groups is 1. The highest BCUT2D eigenvalue weighted by Gasteiger charge is 2.36. The molecular formula is C23H22N2O4S. The van der Waals surface area contributed by atoms with Gasteiger partial charge in [0.05, 0.1) is 5.69 Å². The molecule has 0 bridgehead atoms. The van der Waals surface area contributed by atoms with Crippen molar-refractivity contribution >= 4 is 23.1 Å². The fourth-order valence-electron chi connectivity index (χ4n) is 4.69. The third-order valence-corrected chi connectivity index (χ3v) is 6.75. The standard InChI is InChI=1S/C23H22N2O4S/c1-11(2)18-6-16-15-5-12(3)4-14(13-8-24-30-10-13)21(15)29-22(16)19-7-20(26)17(23(27)28)9-25(18)19/h4,7-12,18H,5-6H2,1-3H3,(H,27,28)/t12?,18-/m1/s1. The summed E-state index contributed by atoms with van der Waals surface area (Å²) in [5, 5.41) is 11.5. The fourth-order valence-corrected chi connectivity index (χ4v) is 5.23. The molecule has 1 unspecified atom stereocenters. The lowest BCUT2D eigenvalue weighted by Crippen LogP contribution is -2.28. The van der Waals surface area contributed by atoms with Crippen LogP contribution in [0.4, 0.5) is 0 Å². The van der Waals surface area contributed by atoms with Gasteiger partial charge in [0.2, 0.25) is 0 Å². The second-order valence-electron chi connectivity index (χ2n) is 8.56. The number of aromatic carboxylic acids is 1. The van der Waals surface area contributed by atoms with Crippen LogP contribution in [0.1, 0.15) is 59.6 Å². The van der Waals surface area contributed by atoms with Crippen molar-refractivity contribution in [1.29, 1.82) is 0 Å². The van der Waals surface area contributed by atoms with Gasteiger partial charge in [0.25, 0.3) is 0 Å². The molecule has 7 heteroatoms. The number of hydrogen-bond acceptors (Lipinski definition) is 5. The number of hydrogen-bond donors (Lipinski definition) is 1. The lowest BCUT2D eigenvalue weighted by atomic mass is 9.82.